The molecule has 0 aromatic heterocycles. The van der Waals surface area contributed by atoms with Crippen molar-refractivity contribution >= 4 is 17.8 Å². The van der Waals surface area contributed by atoms with Crippen LogP contribution in [0.25, 0.3) is 0 Å². The summed E-state index contributed by atoms with van der Waals surface area (Å²) in [6.45, 7) is 0.0192. The highest BCUT2D eigenvalue weighted by atomic mass is 16.2. The molecule has 4 rings (SSSR count). The maximum absolute atomic E-state index is 13.5. The first-order chi connectivity index (χ1) is 15.6. The van der Waals surface area contributed by atoms with E-state index in [9.17, 15) is 14.4 Å². The number of imide groups is 1. The molecular weight excluding hydrogens is 402 g/mol. The lowest BCUT2D eigenvalue weighted by molar-refractivity contribution is -0.135. The molecule has 4 amide bonds. The van der Waals surface area contributed by atoms with Gasteiger partial charge in [0.2, 0.25) is 5.91 Å². The van der Waals surface area contributed by atoms with E-state index in [0.29, 0.717) is 19.4 Å². The summed E-state index contributed by atoms with van der Waals surface area (Å²) < 4.78 is 0. The van der Waals surface area contributed by atoms with Crippen molar-refractivity contribution in [3.8, 4) is 0 Å². The first-order valence-corrected chi connectivity index (χ1v) is 10.6. The highest BCUT2D eigenvalue weighted by molar-refractivity contribution is 6.09. The van der Waals surface area contributed by atoms with Gasteiger partial charge in [0.05, 0.1) is 0 Å². The average molecular weight is 428 g/mol. The summed E-state index contributed by atoms with van der Waals surface area (Å²) in [7, 11) is 0. The van der Waals surface area contributed by atoms with Gasteiger partial charge in [0.1, 0.15) is 12.1 Å². The minimum Gasteiger partial charge on any atom is -0.350 e. The molecule has 162 valence electrons. The maximum Gasteiger partial charge on any atom is 0.325 e. The van der Waals surface area contributed by atoms with Crippen LogP contribution in [0.1, 0.15) is 16.7 Å². The summed E-state index contributed by atoms with van der Waals surface area (Å²) in [5.74, 6) is -0.766. The van der Waals surface area contributed by atoms with E-state index >= 15 is 0 Å². The van der Waals surface area contributed by atoms with E-state index in [2.05, 4.69) is 10.6 Å². The first-order valence-electron chi connectivity index (χ1n) is 10.6. The molecule has 6 nitrogen and oxygen atoms in total. The summed E-state index contributed by atoms with van der Waals surface area (Å²) in [4.78, 5) is 39.8. The smallest absolute Gasteiger partial charge is 0.325 e. The highest BCUT2D eigenvalue weighted by Crippen LogP contribution is 2.27. The molecule has 0 spiro atoms. The van der Waals surface area contributed by atoms with Gasteiger partial charge in [0.15, 0.2) is 0 Å². The average Bonchev–Trinajstić information content (AvgIpc) is 3.03. The number of urea groups is 1. The highest BCUT2D eigenvalue weighted by Gasteiger charge is 2.51. The van der Waals surface area contributed by atoms with Crippen molar-refractivity contribution in [2.24, 2.45) is 0 Å². The Hall–Kier alpha value is -3.93. The molecular formula is C26H25N3O3. The molecule has 1 saturated heterocycles. The fourth-order valence-electron chi connectivity index (χ4n) is 4.01. The molecule has 1 aliphatic heterocycles. The third kappa shape index (κ3) is 4.86. The molecule has 2 N–H and O–H groups in total. The molecule has 1 fully saturated rings. The Morgan fingerprint density at radius 1 is 0.750 bits per heavy atom. The molecule has 32 heavy (non-hydrogen) atoms. The molecule has 0 atom stereocenters. The Labute approximate surface area is 187 Å². The van der Waals surface area contributed by atoms with Crippen LogP contribution < -0.4 is 10.6 Å². The second kappa shape index (κ2) is 9.47. The van der Waals surface area contributed by atoms with Crippen LogP contribution in [0.4, 0.5) is 4.79 Å². The Morgan fingerprint density at radius 2 is 1.22 bits per heavy atom. The zero-order valence-corrected chi connectivity index (χ0v) is 17.7. The molecule has 0 bridgehead atoms. The maximum atomic E-state index is 13.5. The number of nitrogens with one attached hydrogen (secondary N) is 2. The fourth-order valence-corrected chi connectivity index (χ4v) is 4.01. The lowest BCUT2D eigenvalue weighted by Crippen LogP contribution is -2.51. The van der Waals surface area contributed by atoms with Crippen molar-refractivity contribution in [2.45, 2.75) is 24.9 Å². The predicted octanol–water partition coefficient (Wildman–Crippen LogP) is 3.08. The second-order valence-corrected chi connectivity index (χ2v) is 7.99. The third-order valence-electron chi connectivity index (χ3n) is 5.58. The van der Waals surface area contributed by atoms with Crippen LogP contribution in [0.3, 0.4) is 0 Å². The number of carbonyl (C=O) groups is 3. The van der Waals surface area contributed by atoms with Crippen molar-refractivity contribution in [2.75, 3.05) is 6.54 Å². The molecule has 0 unspecified atom stereocenters. The third-order valence-corrected chi connectivity index (χ3v) is 5.58. The summed E-state index contributed by atoms with van der Waals surface area (Å²) in [5.41, 5.74) is 1.68. The van der Waals surface area contributed by atoms with E-state index in [-0.39, 0.29) is 18.4 Å². The van der Waals surface area contributed by atoms with Crippen LogP contribution in [0.5, 0.6) is 0 Å². The minimum atomic E-state index is -1.14. The van der Waals surface area contributed by atoms with E-state index in [1.165, 1.54) is 0 Å². The predicted molar refractivity (Wildman–Crippen MR) is 122 cm³/mol. The number of carbonyl (C=O) groups excluding carboxylic acids is 3. The van der Waals surface area contributed by atoms with E-state index in [1.807, 2.05) is 91.0 Å². The summed E-state index contributed by atoms with van der Waals surface area (Å²) in [6, 6.07) is 28.1. The number of amides is 4. The van der Waals surface area contributed by atoms with Crippen molar-refractivity contribution in [1.82, 2.24) is 15.5 Å². The van der Waals surface area contributed by atoms with Gasteiger partial charge < -0.3 is 10.6 Å². The Bertz CT molecular complexity index is 1040. The molecule has 0 radical (unpaired) electrons. The number of hydrogen-bond acceptors (Lipinski definition) is 3. The van der Waals surface area contributed by atoms with Gasteiger partial charge in [-0.25, -0.2) is 4.79 Å². The van der Waals surface area contributed by atoms with Gasteiger partial charge in [-0.3, -0.25) is 14.5 Å². The Balaban J connectivity index is 1.51. The Kier molecular flexibility index (Phi) is 6.31. The van der Waals surface area contributed by atoms with Gasteiger partial charge in [-0.2, -0.15) is 0 Å². The van der Waals surface area contributed by atoms with E-state index in [4.69, 9.17) is 0 Å². The number of nitrogens with zero attached hydrogens (tertiary/aromatic N) is 1. The van der Waals surface area contributed by atoms with Gasteiger partial charge in [-0.15, -0.1) is 0 Å². The molecule has 1 aliphatic rings. The van der Waals surface area contributed by atoms with Crippen molar-refractivity contribution in [1.29, 1.82) is 0 Å². The summed E-state index contributed by atoms with van der Waals surface area (Å²) >= 11 is 0. The molecule has 0 saturated carbocycles. The van der Waals surface area contributed by atoms with Crippen LogP contribution in [0, 0.1) is 0 Å². The zero-order chi connectivity index (χ0) is 22.4. The van der Waals surface area contributed by atoms with Crippen LogP contribution in [-0.4, -0.2) is 34.8 Å². The van der Waals surface area contributed by atoms with E-state index in [1.54, 1.807) is 0 Å². The normalized spacial score (nSPS) is 14.8. The lowest BCUT2D eigenvalue weighted by atomic mass is 9.84. The van der Waals surface area contributed by atoms with Crippen LogP contribution in [0.15, 0.2) is 91.0 Å². The largest absolute Gasteiger partial charge is 0.350 e. The van der Waals surface area contributed by atoms with Gasteiger partial charge in [0.25, 0.3) is 5.91 Å². The van der Waals surface area contributed by atoms with Gasteiger partial charge in [-0.05, 0) is 16.7 Å². The number of rotatable bonds is 8. The topological polar surface area (TPSA) is 78.5 Å². The molecule has 3 aromatic rings. The van der Waals surface area contributed by atoms with Crippen LogP contribution in [-0.2, 0) is 29.0 Å². The van der Waals surface area contributed by atoms with Gasteiger partial charge in [-0.1, -0.05) is 91.0 Å². The monoisotopic (exact) mass is 427 g/mol. The fraction of sp³-hybridized carbons (Fsp3) is 0.192. The van der Waals surface area contributed by atoms with Crippen molar-refractivity contribution in [3.05, 3.63) is 108 Å². The van der Waals surface area contributed by atoms with Crippen LogP contribution in [0.2, 0.25) is 0 Å². The summed E-state index contributed by atoms with van der Waals surface area (Å²) in [6.07, 6.45) is 0.685. The minimum absolute atomic E-state index is 0.317. The van der Waals surface area contributed by atoms with Crippen LogP contribution >= 0.6 is 0 Å². The SMILES string of the molecule is O=C(CN1C(=O)NC(Cc2ccccc2)(Cc2ccccc2)C1=O)NCc1ccccc1. The standard InChI is InChI=1S/C26H25N3O3/c30-23(27-18-22-14-8-3-9-15-22)19-29-24(31)26(28-25(29)32,16-20-10-4-1-5-11-20)17-21-12-6-2-7-13-21/h1-15H,16-19H2,(H,27,30)(H,28,32). The molecule has 6 heteroatoms. The summed E-state index contributed by atoms with van der Waals surface area (Å²) in [5, 5.41) is 5.68. The van der Waals surface area contributed by atoms with Crippen molar-refractivity contribution in [3.63, 3.8) is 0 Å². The molecule has 0 aliphatic carbocycles. The van der Waals surface area contributed by atoms with Crippen molar-refractivity contribution < 1.29 is 14.4 Å². The number of benzene rings is 3. The molecule has 3 aromatic carbocycles. The Morgan fingerprint density at radius 3 is 1.72 bits per heavy atom. The molecule has 1 heterocycles. The van der Waals surface area contributed by atoms with Gasteiger partial charge >= 0.3 is 6.03 Å². The van der Waals surface area contributed by atoms with E-state index in [0.717, 1.165) is 21.6 Å². The van der Waals surface area contributed by atoms with E-state index < -0.39 is 11.6 Å². The zero-order valence-electron chi connectivity index (χ0n) is 17.7. The first kappa shape index (κ1) is 21.3. The lowest BCUT2D eigenvalue weighted by Gasteiger charge is -2.27. The van der Waals surface area contributed by atoms with Gasteiger partial charge in [0, 0.05) is 19.4 Å². The second-order valence-electron chi connectivity index (χ2n) is 7.99. The quantitative estimate of drug-likeness (QED) is 0.543. The number of hydrogen-bond donors (Lipinski definition) is 2.